The number of nitrogens with one attached hydrogen (secondary N) is 1. The average molecular weight is 293 g/mol. The Morgan fingerprint density at radius 2 is 2.24 bits per heavy atom. The smallest absolute Gasteiger partial charge is 0.407 e. The van der Waals surface area contributed by atoms with E-state index in [0.717, 1.165) is 19.0 Å². The lowest BCUT2D eigenvalue weighted by molar-refractivity contribution is 0.0438. The van der Waals surface area contributed by atoms with Crippen LogP contribution in [0, 0.1) is 5.82 Å². The summed E-state index contributed by atoms with van der Waals surface area (Å²) in [6.07, 6.45) is 4.07. The highest BCUT2D eigenvalue weighted by Crippen LogP contribution is 2.29. The molecule has 0 bridgehead atoms. The Labute approximate surface area is 121 Å². The van der Waals surface area contributed by atoms with Crippen LogP contribution in [0.1, 0.15) is 29.6 Å². The number of hydrogen-bond donors (Lipinski definition) is 1. The highest BCUT2D eigenvalue weighted by Gasteiger charge is 2.41. The standard InChI is InChI=1S/C14H16FN3O3/c15-11-6-10(7-16-8-11)12(19)18-4-1-2-14(3-5-18)9-17-13(20)21-14/h6-8H,1-5,9H2,(H,17,20)/t14-/m1/s1. The van der Waals surface area contributed by atoms with Crippen molar-refractivity contribution in [3.05, 3.63) is 29.8 Å². The van der Waals surface area contributed by atoms with E-state index >= 15 is 0 Å². The van der Waals surface area contributed by atoms with Gasteiger partial charge in [0, 0.05) is 25.7 Å². The fourth-order valence-corrected chi connectivity index (χ4v) is 2.86. The molecule has 2 amide bonds. The van der Waals surface area contributed by atoms with Gasteiger partial charge in [-0.1, -0.05) is 0 Å². The number of halogens is 1. The molecule has 1 aromatic heterocycles. The first-order valence-electron chi connectivity index (χ1n) is 6.95. The number of alkyl carbamates (subject to hydrolysis) is 1. The Balaban J connectivity index is 1.70. The van der Waals surface area contributed by atoms with Crippen molar-refractivity contribution in [2.75, 3.05) is 19.6 Å². The molecule has 6 nitrogen and oxygen atoms in total. The summed E-state index contributed by atoms with van der Waals surface area (Å²) in [4.78, 5) is 29.0. The lowest BCUT2D eigenvalue weighted by atomic mass is 9.95. The molecule has 1 atom stereocenters. The number of ether oxygens (including phenoxy) is 1. The molecule has 2 aliphatic rings. The van der Waals surface area contributed by atoms with Crippen LogP contribution in [0.25, 0.3) is 0 Å². The van der Waals surface area contributed by atoms with E-state index in [1.807, 2.05) is 0 Å². The fraction of sp³-hybridized carbons (Fsp3) is 0.500. The van der Waals surface area contributed by atoms with Crippen LogP contribution in [-0.4, -0.2) is 47.1 Å². The van der Waals surface area contributed by atoms with Crippen molar-refractivity contribution in [2.45, 2.75) is 24.9 Å². The molecular weight excluding hydrogens is 277 g/mol. The number of carbonyl (C=O) groups is 2. The maximum atomic E-state index is 13.2. The Kier molecular flexibility index (Phi) is 3.48. The van der Waals surface area contributed by atoms with E-state index in [1.165, 1.54) is 12.3 Å². The number of carbonyl (C=O) groups excluding carboxylic acids is 2. The summed E-state index contributed by atoms with van der Waals surface area (Å²) in [5.74, 6) is -0.766. The molecule has 3 heterocycles. The molecule has 2 saturated heterocycles. The van der Waals surface area contributed by atoms with Crippen molar-refractivity contribution in [2.24, 2.45) is 0 Å². The second-order valence-electron chi connectivity index (χ2n) is 5.46. The summed E-state index contributed by atoms with van der Waals surface area (Å²) in [6.45, 7) is 1.52. The highest BCUT2D eigenvalue weighted by molar-refractivity contribution is 5.93. The largest absolute Gasteiger partial charge is 0.441 e. The highest BCUT2D eigenvalue weighted by atomic mass is 19.1. The predicted molar refractivity (Wildman–Crippen MR) is 71.2 cm³/mol. The van der Waals surface area contributed by atoms with E-state index in [1.54, 1.807) is 4.90 Å². The third kappa shape index (κ3) is 2.81. The van der Waals surface area contributed by atoms with Crippen LogP contribution in [0.2, 0.25) is 0 Å². The molecule has 0 saturated carbocycles. The first kappa shape index (κ1) is 13.8. The quantitative estimate of drug-likeness (QED) is 0.848. The van der Waals surface area contributed by atoms with Crippen LogP contribution in [0.15, 0.2) is 18.5 Å². The summed E-state index contributed by atoms with van der Waals surface area (Å²) < 4.78 is 18.5. The molecule has 0 aliphatic carbocycles. The van der Waals surface area contributed by atoms with Gasteiger partial charge in [-0.3, -0.25) is 9.78 Å². The molecule has 21 heavy (non-hydrogen) atoms. The monoisotopic (exact) mass is 293 g/mol. The van der Waals surface area contributed by atoms with Gasteiger partial charge in [-0.15, -0.1) is 0 Å². The normalized spacial score (nSPS) is 25.4. The van der Waals surface area contributed by atoms with E-state index < -0.39 is 17.5 Å². The summed E-state index contributed by atoms with van der Waals surface area (Å²) in [5.41, 5.74) is -0.265. The Bertz CT molecular complexity index is 580. The van der Waals surface area contributed by atoms with Gasteiger partial charge < -0.3 is 15.0 Å². The topological polar surface area (TPSA) is 71.5 Å². The molecule has 2 fully saturated rings. The summed E-state index contributed by atoms with van der Waals surface area (Å²) >= 11 is 0. The number of pyridine rings is 1. The van der Waals surface area contributed by atoms with Crippen molar-refractivity contribution >= 4 is 12.0 Å². The van der Waals surface area contributed by atoms with E-state index in [0.29, 0.717) is 26.1 Å². The molecule has 0 aromatic carbocycles. The summed E-state index contributed by atoms with van der Waals surface area (Å²) in [6, 6.07) is 1.19. The van der Waals surface area contributed by atoms with Gasteiger partial charge in [0.25, 0.3) is 5.91 Å². The van der Waals surface area contributed by atoms with Gasteiger partial charge >= 0.3 is 6.09 Å². The minimum atomic E-state index is -0.527. The minimum absolute atomic E-state index is 0.240. The molecule has 3 rings (SSSR count). The van der Waals surface area contributed by atoms with Gasteiger partial charge in [0.15, 0.2) is 0 Å². The lowest BCUT2D eigenvalue weighted by Gasteiger charge is -2.25. The zero-order valence-corrected chi connectivity index (χ0v) is 11.5. The van der Waals surface area contributed by atoms with E-state index in [2.05, 4.69) is 10.3 Å². The van der Waals surface area contributed by atoms with Crippen molar-refractivity contribution in [1.82, 2.24) is 15.2 Å². The van der Waals surface area contributed by atoms with Crippen molar-refractivity contribution < 1.29 is 18.7 Å². The van der Waals surface area contributed by atoms with Crippen LogP contribution >= 0.6 is 0 Å². The van der Waals surface area contributed by atoms with E-state index in [9.17, 15) is 14.0 Å². The molecule has 0 radical (unpaired) electrons. The predicted octanol–water partition coefficient (Wildman–Crippen LogP) is 1.33. The molecule has 112 valence electrons. The Hall–Kier alpha value is -2.18. The molecule has 7 heteroatoms. The molecule has 1 N–H and O–H groups in total. The number of nitrogens with zero attached hydrogens (tertiary/aromatic N) is 2. The average Bonchev–Trinajstić information content (AvgIpc) is 2.70. The van der Waals surface area contributed by atoms with Crippen LogP contribution in [-0.2, 0) is 4.74 Å². The Morgan fingerprint density at radius 3 is 2.95 bits per heavy atom. The third-order valence-electron chi connectivity index (χ3n) is 4.00. The molecule has 1 aromatic rings. The number of aromatic nitrogens is 1. The van der Waals surface area contributed by atoms with Crippen LogP contribution < -0.4 is 5.32 Å². The molecular formula is C14H16FN3O3. The van der Waals surface area contributed by atoms with Crippen LogP contribution in [0.5, 0.6) is 0 Å². The van der Waals surface area contributed by atoms with Crippen LogP contribution in [0.3, 0.4) is 0 Å². The third-order valence-corrected chi connectivity index (χ3v) is 4.00. The van der Waals surface area contributed by atoms with Gasteiger partial charge in [-0.25, -0.2) is 9.18 Å². The van der Waals surface area contributed by atoms with Gasteiger partial charge in [0.05, 0.1) is 18.3 Å². The molecule has 0 unspecified atom stereocenters. The van der Waals surface area contributed by atoms with Crippen molar-refractivity contribution in [3.63, 3.8) is 0 Å². The number of amides is 2. The number of rotatable bonds is 1. The molecule has 1 spiro atoms. The maximum absolute atomic E-state index is 13.2. The summed E-state index contributed by atoms with van der Waals surface area (Å²) in [7, 11) is 0. The van der Waals surface area contributed by atoms with Gasteiger partial charge in [0.1, 0.15) is 11.4 Å². The first-order chi connectivity index (χ1) is 10.1. The minimum Gasteiger partial charge on any atom is -0.441 e. The number of hydrogen-bond acceptors (Lipinski definition) is 4. The van der Waals surface area contributed by atoms with Gasteiger partial charge in [-0.2, -0.15) is 0 Å². The fourth-order valence-electron chi connectivity index (χ4n) is 2.86. The second kappa shape index (κ2) is 5.31. The maximum Gasteiger partial charge on any atom is 0.407 e. The van der Waals surface area contributed by atoms with Gasteiger partial charge in [-0.05, 0) is 18.9 Å². The van der Waals surface area contributed by atoms with Crippen molar-refractivity contribution in [3.8, 4) is 0 Å². The molecule has 2 aliphatic heterocycles. The van der Waals surface area contributed by atoms with E-state index in [4.69, 9.17) is 4.74 Å². The first-order valence-corrected chi connectivity index (χ1v) is 6.95. The zero-order valence-electron chi connectivity index (χ0n) is 11.5. The summed E-state index contributed by atoms with van der Waals surface area (Å²) in [5, 5.41) is 2.67. The van der Waals surface area contributed by atoms with E-state index in [-0.39, 0.29) is 11.5 Å². The van der Waals surface area contributed by atoms with Gasteiger partial charge in [0.2, 0.25) is 0 Å². The number of likely N-dealkylation sites (tertiary alicyclic amines) is 1. The SMILES string of the molecule is O=C1NC[C@]2(CCCN(C(=O)c3cncc(F)c3)CC2)O1. The van der Waals surface area contributed by atoms with Crippen LogP contribution in [0.4, 0.5) is 9.18 Å². The lowest BCUT2D eigenvalue weighted by Crippen LogP contribution is -2.36. The zero-order chi connectivity index (χ0) is 14.9. The van der Waals surface area contributed by atoms with Crippen molar-refractivity contribution in [1.29, 1.82) is 0 Å². The Morgan fingerprint density at radius 1 is 1.38 bits per heavy atom. The second-order valence-corrected chi connectivity index (χ2v) is 5.46.